The van der Waals surface area contributed by atoms with E-state index in [2.05, 4.69) is 11.7 Å². The quantitative estimate of drug-likeness (QED) is 0.228. The van der Waals surface area contributed by atoms with E-state index in [1.54, 1.807) is 0 Å². The van der Waals surface area contributed by atoms with Crippen LogP contribution in [0.15, 0.2) is 30.4 Å². The summed E-state index contributed by atoms with van der Waals surface area (Å²) in [4.78, 5) is 0. The van der Waals surface area contributed by atoms with Crippen LogP contribution in [-0.2, 0) is 0 Å². The van der Waals surface area contributed by atoms with Crippen LogP contribution in [-0.4, -0.2) is 6.11 Å². The van der Waals surface area contributed by atoms with Crippen LogP contribution in [0.4, 0.5) is 17.6 Å². The molecule has 0 unspecified atom stereocenters. The standard InChI is InChI=1S/C22H30F4O/c1-2-7-17-9-11-18(12-10-17)8-5-3-4-6-15-22(25,26)27-19-13-14-20(23)21(24)16-19/h6,13-18H,2-5,7-12H2,1H3/b15-6+. The van der Waals surface area contributed by atoms with Crippen LogP contribution in [0.1, 0.15) is 71.1 Å². The van der Waals surface area contributed by atoms with E-state index in [0.29, 0.717) is 18.6 Å². The van der Waals surface area contributed by atoms with Gasteiger partial charge in [-0.05, 0) is 36.8 Å². The predicted octanol–water partition coefficient (Wildman–Crippen LogP) is 7.66. The molecule has 0 amide bonds. The molecule has 27 heavy (non-hydrogen) atoms. The summed E-state index contributed by atoms with van der Waals surface area (Å²) < 4.78 is 57.7. The maximum Gasteiger partial charge on any atom is 0.419 e. The van der Waals surface area contributed by atoms with Gasteiger partial charge in [0, 0.05) is 12.1 Å². The fourth-order valence-corrected chi connectivity index (χ4v) is 3.86. The molecule has 2 rings (SSSR count). The molecule has 1 aromatic rings. The third kappa shape index (κ3) is 7.94. The normalized spacial score (nSPS) is 20.9. The first-order valence-electron chi connectivity index (χ1n) is 10.1. The highest BCUT2D eigenvalue weighted by molar-refractivity contribution is 5.24. The first kappa shape index (κ1) is 21.8. The molecular formula is C22H30F4O. The first-order valence-corrected chi connectivity index (χ1v) is 10.1. The van der Waals surface area contributed by atoms with Gasteiger partial charge >= 0.3 is 6.11 Å². The Balaban J connectivity index is 1.62. The van der Waals surface area contributed by atoms with E-state index in [-0.39, 0.29) is 0 Å². The van der Waals surface area contributed by atoms with E-state index in [9.17, 15) is 17.6 Å². The fraction of sp³-hybridized carbons (Fsp3) is 0.636. The molecule has 0 radical (unpaired) electrons. The topological polar surface area (TPSA) is 9.23 Å². The Bertz CT molecular complexity index is 592. The lowest BCUT2D eigenvalue weighted by atomic mass is 9.78. The Morgan fingerprint density at radius 3 is 2.30 bits per heavy atom. The van der Waals surface area contributed by atoms with Gasteiger partial charge in [0.2, 0.25) is 0 Å². The third-order valence-electron chi connectivity index (χ3n) is 5.35. The van der Waals surface area contributed by atoms with Crippen LogP contribution in [0, 0.1) is 23.5 Å². The lowest BCUT2D eigenvalue weighted by Gasteiger charge is -2.28. The number of ether oxygens (including phenoxy) is 1. The van der Waals surface area contributed by atoms with Gasteiger partial charge in [-0.1, -0.05) is 64.4 Å². The van der Waals surface area contributed by atoms with Crippen LogP contribution < -0.4 is 4.74 Å². The maximum absolute atomic E-state index is 13.7. The largest absolute Gasteiger partial charge is 0.429 e. The molecule has 152 valence electrons. The summed E-state index contributed by atoms with van der Waals surface area (Å²) in [6.45, 7) is 2.24. The molecule has 0 bridgehead atoms. The third-order valence-corrected chi connectivity index (χ3v) is 5.35. The van der Waals surface area contributed by atoms with Gasteiger partial charge in [-0.25, -0.2) is 8.78 Å². The highest BCUT2D eigenvalue weighted by atomic mass is 19.3. The SMILES string of the molecule is CCCC1CCC(CCCC/C=C/C(F)(F)Oc2ccc(F)c(F)c2)CC1. The second-order valence-electron chi connectivity index (χ2n) is 7.60. The number of hydrogen-bond donors (Lipinski definition) is 0. The fourth-order valence-electron chi connectivity index (χ4n) is 3.86. The van der Waals surface area contributed by atoms with Crippen molar-refractivity contribution in [3.8, 4) is 5.75 Å². The average molecular weight is 386 g/mol. The van der Waals surface area contributed by atoms with Crippen molar-refractivity contribution in [2.45, 2.75) is 77.2 Å². The van der Waals surface area contributed by atoms with Crippen molar-refractivity contribution in [2.75, 3.05) is 0 Å². The van der Waals surface area contributed by atoms with E-state index < -0.39 is 23.5 Å². The summed E-state index contributed by atoms with van der Waals surface area (Å²) in [6, 6.07) is 2.36. The van der Waals surface area contributed by atoms with Gasteiger partial charge in [-0.3, -0.25) is 0 Å². The molecule has 0 aliphatic heterocycles. The molecule has 0 spiro atoms. The Kier molecular flexibility index (Phi) is 8.65. The molecule has 0 heterocycles. The van der Waals surface area contributed by atoms with Gasteiger partial charge in [0.25, 0.3) is 0 Å². The van der Waals surface area contributed by atoms with E-state index in [0.717, 1.165) is 36.8 Å². The molecule has 1 nitrogen and oxygen atoms in total. The summed E-state index contributed by atoms with van der Waals surface area (Å²) in [6.07, 6.45) is 10.1. The van der Waals surface area contributed by atoms with Gasteiger partial charge in [-0.15, -0.1) is 0 Å². The van der Waals surface area contributed by atoms with Crippen LogP contribution in [0.5, 0.6) is 5.75 Å². The number of unbranched alkanes of at least 4 members (excludes halogenated alkanes) is 2. The number of alkyl halides is 2. The minimum Gasteiger partial charge on any atom is -0.429 e. The van der Waals surface area contributed by atoms with Crippen LogP contribution >= 0.6 is 0 Å². The molecule has 1 aliphatic rings. The van der Waals surface area contributed by atoms with E-state index >= 15 is 0 Å². The molecule has 0 aromatic heterocycles. The number of rotatable bonds is 10. The molecule has 1 saturated carbocycles. The molecule has 1 aliphatic carbocycles. The summed E-state index contributed by atoms with van der Waals surface area (Å²) >= 11 is 0. The van der Waals surface area contributed by atoms with Crippen molar-refractivity contribution in [3.63, 3.8) is 0 Å². The number of hydrogen-bond acceptors (Lipinski definition) is 1. The first-order chi connectivity index (χ1) is 12.9. The molecule has 0 N–H and O–H groups in total. The second-order valence-corrected chi connectivity index (χ2v) is 7.60. The van der Waals surface area contributed by atoms with Crippen LogP contribution in [0.25, 0.3) is 0 Å². The zero-order valence-corrected chi connectivity index (χ0v) is 16.0. The Morgan fingerprint density at radius 1 is 1.00 bits per heavy atom. The van der Waals surface area contributed by atoms with Gasteiger partial charge < -0.3 is 4.74 Å². The monoisotopic (exact) mass is 386 g/mol. The van der Waals surface area contributed by atoms with Crippen molar-refractivity contribution in [1.82, 2.24) is 0 Å². The molecule has 1 aromatic carbocycles. The molecule has 0 atom stereocenters. The zero-order chi connectivity index (χ0) is 19.7. The highest BCUT2D eigenvalue weighted by Crippen LogP contribution is 2.34. The summed E-state index contributed by atoms with van der Waals surface area (Å²) in [5.41, 5.74) is 0. The van der Waals surface area contributed by atoms with Crippen LogP contribution in [0.3, 0.4) is 0 Å². The predicted molar refractivity (Wildman–Crippen MR) is 99.9 cm³/mol. The minimum atomic E-state index is -3.54. The van der Waals surface area contributed by atoms with Gasteiger partial charge in [0.05, 0.1) is 0 Å². The number of halogens is 4. The van der Waals surface area contributed by atoms with Crippen molar-refractivity contribution in [3.05, 3.63) is 42.0 Å². The molecule has 5 heteroatoms. The molecular weight excluding hydrogens is 356 g/mol. The van der Waals surface area contributed by atoms with Crippen molar-refractivity contribution >= 4 is 0 Å². The maximum atomic E-state index is 13.7. The van der Waals surface area contributed by atoms with Gasteiger partial charge in [0.15, 0.2) is 11.6 Å². The lowest BCUT2D eigenvalue weighted by molar-refractivity contribution is -0.131. The highest BCUT2D eigenvalue weighted by Gasteiger charge is 2.27. The summed E-state index contributed by atoms with van der Waals surface area (Å²) in [7, 11) is 0. The number of benzene rings is 1. The van der Waals surface area contributed by atoms with Crippen molar-refractivity contribution in [2.24, 2.45) is 11.8 Å². The van der Waals surface area contributed by atoms with E-state index in [1.807, 2.05) is 0 Å². The number of allylic oxidation sites excluding steroid dienone is 1. The zero-order valence-electron chi connectivity index (χ0n) is 16.0. The molecule has 1 fully saturated rings. The Hall–Kier alpha value is -1.52. The molecule has 0 saturated heterocycles. The average Bonchev–Trinajstić information content (AvgIpc) is 2.62. The Labute approximate surface area is 159 Å². The lowest BCUT2D eigenvalue weighted by Crippen LogP contribution is -2.21. The summed E-state index contributed by atoms with van der Waals surface area (Å²) in [5, 5.41) is 0. The minimum absolute atomic E-state index is 0.401. The Morgan fingerprint density at radius 2 is 1.67 bits per heavy atom. The summed E-state index contributed by atoms with van der Waals surface area (Å²) in [5.74, 6) is -1.01. The van der Waals surface area contributed by atoms with Crippen LogP contribution in [0.2, 0.25) is 0 Å². The van der Waals surface area contributed by atoms with E-state index in [1.165, 1.54) is 51.0 Å². The van der Waals surface area contributed by atoms with Crippen molar-refractivity contribution < 1.29 is 22.3 Å². The van der Waals surface area contributed by atoms with Gasteiger partial charge in [-0.2, -0.15) is 8.78 Å². The van der Waals surface area contributed by atoms with Crippen molar-refractivity contribution in [1.29, 1.82) is 0 Å². The van der Waals surface area contributed by atoms with E-state index in [4.69, 9.17) is 0 Å². The van der Waals surface area contributed by atoms with Gasteiger partial charge in [0.1, 0.15) is 5.75 Å². The second kappa shape index (κ2) is 10.7. The smallest absolute Gasteiger partial charge is 0.419 e.